The van der Waals surface area contributed by atoms with Gasteiger partial charge in [-0.2, -0.15) is 0 Å². The third kappa shape index (κ3) is 1.94. The van der Waals surface area contributed by atoms with E-state index < -0.39 is 12.0 Å². The van der Waals surface area contributed by atoms with Crippen molar-refractivity contribution in [3.63, 3.8) is 0 Å². The van der Waals surface area contributed by atoms with Gasteiger partial charge in [0.05, 0.1) is 5.92 Å². The highest BCUT2D eigenvalue weighted by atomic mass is 16.4. The zero-order chi connectivity index (χ0) is 14.3. The molecule has 1 fully saturated rings. The lowest BCUT2D eigenvalue weighted by atomic mass is 9.98. The number of hydrogen-bond acceptors (Lipinski definition) is 3. The number of carboxylic acid groups (broad SMARTS) is 1. The highest BCUT2D eigenvalue weighted by molar-refractivity contribution is 5.91. The Bertz CT molecular complexity index is 558. The number of likely N-dealkylation sites (tertiary alicyclic amines) is 1. The van der Waals surface area contributed by atoms with E-state index in [1.54, 1.807) is 4.90 Å². The molecular formula is C15H18N2O3. The molecule has 3 unspecified atom stereocenters. The first-order valence-corrected chi connectivity index (χ1v) is 6.95. The fourth-order valence-corrected chi connectivity index (χ4v) is 3.28. The fourth-order valence-electron chi connectivity index (χ4n) is 3.28. The van der Waals surface area contributed by atoms with Crippen LogP contribution in [0.25, 0.3) is 0 Å². The van der Waals surface area contributed by atoms with Crippen molar-refractivity contribution in [1.29, 1.82) is 0 Å². The molecular weight excluding hydrogens is 256 g/mol. The van der Waals surface area contributed by atoms with E-state index in [0.717, 1.165) is 17.7 Å². The smallest absolute Gasteiger partial charge is 0.326 e. The van der Waals surface area contributed by atoms with Gasteiger partial charge in [0.1, 0.15) is 6.04 Å². The van der Waals surface area contributed by atoms with Gasteiger partial charge in [-0.05, 0) is 24.0 Å². The van der Waals surface area contributed by atoms with E-state index in [0.29, 0.717) is 13.1 Å². The maximum atomic E-state index is 12.7. The van der Waals surface area contributed by atoms with Gasteiger partial charge in [-0.3, -0.25) is 4.79 Å². The Balaban J connectivity index is 1.85. The van der Waals surface area contributed by atoms with Crippen molar-refractivity contribution >= 4 is 17.6 Å². The van der Waals surface area contributed by atoms with Gasteiger partial charge in [-0.1, -0.05) is 25.1 Å². The predicted molar refractivity (Wildman–Crippen MR) is 74.6 cm³/mol. The molecule has 0 bridgehead atoms. The van der Waals surface area contributed by atoms with Crippen molar-refractivity contribution in [2.75, 3.05) is 18.4 Å². The molecule has 5 nitrogen and oxygen atoms in total. The number of rotatable bonds is 2. The minimum absolute atomic E-state index is 0.0149. The number of nitrogens with zero attached hydrogens (tertiary/aromatic N) is 1. The van der Waals surface area contributed by atoms with Gasteiger partial charge < -0.3 is 15.3 Å². The number of aliphatic carboxylic acids is 1. The number of anilines is 1. The molecule has 1 aromatic rings. The average Bonchev–Trinajstić information content (AvgIpc) is 3.01. The van der Waals surface area contributed by atoms with Crippen molar-refractivity contribution in [1.82, 2.24) is 4.90 Å². The molecule has 5 heteroatoms. The second kappa shape index (κ2) is 4.81. The maximum Gasteiger partial charge on any atom is 0.326 e. The van der Waals surface area contributed by atoms with Crippen molar-refractivity contribution in [2.24, 2.45) is 5.92 Å². The largest absolute Gasteiger partial charge is 0.480 e. The standard InChI is InChI=1S/C15H18N2O3/c1-9-6-7-17(13(9)15(19)20)14(18)11-8-16-12-5-3-2-4-10(11)12/h2-5,9,11,13,16H,6-8H2,1H3,(H,19,20). The summed E-state index contributed by atoms with van der Waals surface area (Å²) in [6.07, 6.45) is 0.754. The monoisotopic (exact) mass is 274 g/mol. The summed E-state index contributed by atoms with van der Waals surface area (Å²) in [7, 11) is 0. The number of para-hydroxylation sites is 1. The summed E-state index contributed by atoms with van der Waals surface area (Å²) >= 11 is 0. The van der Waals surface area contributed by atoms with Gasteiger partial charge in [0.2, 0.25) is 5.91 Å². The summed E-state index contributed by atoms with van der Waals surface area (Å²) in [5, 5.41) is 12.5. The van der Waals surface area contributed by atoms with E-state index >= 15 is 0 Å². The van der Waals surface area contributed by atoms with E-state index in [2.05, 4.69) is 5.32 Å². The Hall–Kier alpha value is -2.04. The topological polar surface area (TPSA) is 69.6 Å². The minimum atomic E-state index is -0.900. The molecule has 2 aliphatic rings. The molecule has 0 radical (unpaired) electrons. The van der Waals surface area contributed by atoms with E-state index in [-0.39, 0.29) is 17.7 Å². The number of carbonyl (C=O) groups is 2. The predicted octanol–water partition coefficient (Wildman–Crippen LogP) is 1.52. The molecule has 2 N–H and O–H groups in total. The van der Waals surface area contributed by atoms with Gasteiger partial charge in [0.15, 0.2) is 0 Å². The first-order valence-electron chi connectivity index (χ1n) is 6.95. The van der Waals surface area contributed by atoms with Gasteiger partial charge in [0, 0.05) is 18.8 Å². The lowest BCUT2D eigenvalue weighted by molar-refractivity contribution is -0.149. The molecule has 1 saturated heterocycles. The number of carbonyl (C=O) groups excluding carboxylic acids is 1. The third-order valence-electron chi connectivity index (χ3n) is 4.37. The van der Waals surface area contributed by atoms with Crippen LogP contribution < -0.4 is 5.32 Å². The van der Waals surface area contributed by atoms with E-state index in [4.69, 9.17) is 0 Å². The van der Waals surface area contributed by atoms with E-state index in [1.165, 1.54) is 0 Å². The molecule has 0 saturated carbocycles. The van der Waals surface area contributed by atoms with Gasteiger partial charge in [0.25, 0.3) is 0 Å². The zero-order valence-corrected chi connectivity index (χ0v) is 11.4. The summed E-state index contributed by atoms with van der Waals surface area (Å²) in [4.78, 5) is 25.6. The molecule has 0 aliphatic carbocycles. The van der Waals surface area contributed by atoms with Crippen molar-refractivity contribution in [2.45, 2.75) is 25.3 Å². The number of amides is 1. The molecule has 106 valence electrons. The third-order valence-corrected chi connectivity index (χ3v) is 4.37. The number of nitrogens with one attached hydrogen (secondary N) is 1. The molecule has 3 rings (SSSR count). The Morgan fingerprint density at radius 1 is 1.35 bits per heavy atom. The molecule has 20 heavy (non-hydrogen) atoms. The lowest BCUT2D eigenvalue weighted by Gasteiger charge is -2.26. The van der Waals surface area contributed by atoms with Crippen LogP contribution in [-0.4, -0.2) is 41.0 Å². The van der Waals surface area contributed by atoms with Crippen LogP contribution in [0.1, 0.15) is 24.8 Å². The fraction of sp³-hybridized carbons (Fsp3) is 0.467. The van der Waals surface area contributed by atoms with E-state index in [1.807, 2.05) is 31.2 Å². The van der Waals surface area contributed by atoms with Crippen LogP contribution in [-0.2, 0) is 9.59 Å². The maximum absolute atomic E-state index is 12.7. The quantitative estimate of drug-likeness (QED) is 0.858. The van der Waals surface area contributed by atoms with Gasteiger partial charge in [-0.15, -0.1) is 0 Å². The summed E-state index contributed by atoms with van der Waals surface area (Å²) in [5.74, 6) is -1.22. The zero-order valence-electron chi connectivity index (χ0n) is 11.4. The Morgan fingerprint density at radius 2 is 2.10 bits per heavy atom. The summed E-state index contributed by atoms with van der Waals surface area (Å²) in [5.41, 5.74) is 1.95. The van der Waals surface area contributed by atoms with Crippen LogP contribution in [0.5, 0.6) is 0 Å². The van der Waals surface area contributed by atoms with Crippen LogP contribution in [0.2, 0.25) is 0 Å². The lowest BCUT2D eigenvalue weighted by Crippen LogP contribution is -2.45. The summed E-state index contributed by atoms with van der Waals surface area (Å²) < 4.78 is 0. The Kier molecular flexibility index (Phi) is 3.12. The number of benzene rings is 1. The van der Waals surface area contributed by atoms with Crippen LogP contribution in [0.15, 0.2) is 24.3 Å². The SMILES string of the molecule is CC1CCN(C(=O)C2CNc3ccccc32)C1C(=O)O. The van der Waals surface area contributed by atoms with Crippen LogP contribution in [0.3, 0.4) is 0 Å². The second-order valence-corrected chi connectivity index (χ2v) is 5.60. The van der Waals surface area contributed by atoms with Crippen molar-refractivity contribution in [3.05, 3.63) is 29.8 Å². The van der Waals surface area contributed by atoms with Crippen LogP contribution in [0, 0.1) is 5.92 Å². The average molecular weight is 274 g/mol. The molecule has 2 aliphatic heterocycles. The Labute approximate surface area is 117 Å². The normalized spacial score (nSPS) is 28.1. The molecule has 2 heterocycles. The highest BCUT2D eigenvalue weighted by Gasteiger charge is 2.43. The number of carboxylic acids is 1. The van der Waals surface area contributed by atoms with Gasteiger partial charge in [-0.25, -0.2) is 4.79 Å². The molecule has 3 atom stereocenters. The number of hydrogen-bond donors (Lipinski definition) is 2. The van der Waals surface area contributed by atoms with Crippen molar-refractivity contribution in [3.8, 4) is 0 Å². The first-order chi connectivity index (χ1) is 9.59. The molecule has 0 aromatic heterocycles. The Morgan fingerprint density at radius 3 is 2.85 bits per heavy atom. The van der Waals surface area contributed by atoms with E-state index in [9.17, 15) is 14.7 Å². The molecule has 0 spiro atoms. The molecule has 1 amide bonds. The van der Waals surface area contributed by atoms with Crippen LogP contribution in [0.4, 0.5) is 5.69 Å². The summed E-state index contributed by atoms with van der Waals surface area (Å²) in [6, 6.07) is 7.04. The number of fused-ring (bicyclic) bond motifs is 1. The van der Waals surface area contributed by atoms with Gasteiger partial charge >= 0.3 is 5.97 Å². The first kappa shape index (κ1) is 13.0. The molecule has 1 aromatic carbocycles. The minimum Gasteiger partial charge on any atom is -0.480 e. The van der Waals surface area contributed by atoms with Crippen LogP contribution >= 0.6 is 0 Å². The summed E-state index contributed by atoms with van der Waals surface area (Å²) in [6.45, 7) is 2.98. The van der Waals surface area contributed by atoms with Crippen molar-refractivity contribution < 1.29 is 14.7 Å². The highest BCUT2D eigenvalue weighted by Crippen LogP contribution is 2.35. The second-order valence-electron chi connectivity index (χ2n) is 5.60.